The Morgan fingerprint density at radius 1 is 0.960 bits per heavy atom. The molecule has 3 fully saturated rings. The first kappa shape index (κ1) is 18.7. The molecule has 1 aliphatic heterocycles. The number of nitrogens with zero attached hydrogens (tertiary/aromatic N) is 1. The van der Waals surface area contributed by atoms with Gasteiger partial charge in [-0.2, -0.15) is 0 Å². The molecule has 142 valence electrons. The van der Waals surface area contributed by atoms with Crippen LogP contribution in [0.3, 0.4) is 0 Å². The molecule has 5 heteroatoms. The Morgan fingerprint density at radius 3 is 2.24 bits per heavy atom. The van der Waals surface area contributed by atoms with Gasteiger partial charge in [-0.15, -0.1) is 0 Å². The molecule has 3 N–H and O–H groups in total. The maximum Gasteiger partial charge on any atom is 0.227 e. The van der Waals surface area contributed by atoms with Crippen LogP contribution in [0.1, 0.15) is 77.6 Å². The molecule has 0 aromatic carbocycles. The second-order valence-corrected chi connectivity index (χ2v) is 8.75. The summed E-state index contributed by atoms with van der Waals surface area (Å²) in [5.74, 6) is 0.663. The highest BCUT2D eigenvalue weighted by atomic mass is 16.2. The number of carbonyl (C=O) groups excluding carboxylic acids is 2. The molecule has 5 nitrogen and oxygen atoms in total. The molecule has 3 aliphatic rings. The average Bonchev–Trinajstić information content (AvgIpc) is 2.62. The number of carbonyl (C=O) groups is 2. The summed E-state index contributed by atoms with van der Waals surface area (Å²) in [6.45, 7) is 3.54. The first-order chi connectivity index (χ1) is 12.0. The third kappa shape index (κ3) is 4.55. The molecule has 2 amide bonds. The minimum absolute atomic E-state index is 0.0328. The largest absolute Gasteiger partial charge is 0.353 e. The molecule has 0 radical (unpaired) electrons. The zero-order chi connectivity index (χ0) is 17.9. The van der Waals surface area contributed by atoms with E-state index in [4.69, 9.17) is 5.73 Å². The molecule has 0 bridgehead atoms. The van der Waals surface area contributed by atoms with Crippen LogP contribution in [0.2, 0.25) is 0 Å². The van der Waals surface area contributed by atoms with Crippen molar-refractivity contribution < 1.29 is 9.59 Å². The van der Waals surface area contributed by atoms with Crippen LogP contribution in [-0.2, 0) is 9.59 Å². The molecular weight excluding hydrogens is 314 g/mol. The van der Waals surface area contributed by atoms with Crippen molar-refractivity contribution >= 4 is 11.8 Å². The predicted octanol–water partition coefficient (Wildman–Crippen LogP) is 2.58. The Balaban J connectivity index is 1.46. The first-order valence-electron chi connectivity index (χ1n) is 10.4. The third-order valence-electron chi connectivity index (χ3n) is 6.68. The summed E-state index contributed by atoms with van der Waals surface area (Å²) in [6, 6.07) is 0.231. The van der Waals surface area contributed by atoms with E-state index in [0.717, 1.165) is 64.5 Å². The Bertz CT molecular complexity index is 477. The summed E-state index contributed by atoms with van der Waals surface area (Å²) in [4.78, 5) is 27.3. The minimum Gasteiger partial charge on any atom is -0.353 e. The minimum atomic E-state index is -0.360. The summed E-state index contributed by atoms with van der Waals surface area (Å²) < 4.78 is 0. The Labute approximate surface area is 152 Å². The SMILES string of the molecule is CC1(N)CCCCC1C(=O)N1CCC(NC(=O)C2CCCCC2)CC1. The lowest BCUT2D eigenvalue weighted by molar-refractivity contribution is -0.140. The van der Waals surface area contributed by atoms with Crippen LogP contribution in [0.4, 0.5) is 0 Å². The molecule has 3 rings (SSSR count). The molecular formula is C20H35N3O2. The van der Waals surface area contributed by atoms with Crippen LogP contribution in [-0.4, -0.2) is 41.4 Å². The molecule has 2 aliphatic carbocycles. The fourth-order valence-electron chi connectivity index (χ4n) is 4.91. The molecule has 1 saturated heterocycles. The van der Waals surface area contributed by atoms with Crippen LogP contribution in [0.25, 0.3) is 0 Å². The topological polar surface area (TPSA) is 75.4 Å². The Morgan fingerprint density at radius 2 is 1.60 bits per heavy atom. The summed E-state index contributed by atoms with van der Waals surface area (Å²) in [5.41, 5.74) is 6.04. The van der Waals surface area contributed by atoms with E-state index in [-0.39, 0.29) is 35.2 Å². The molecule has 2 saturated carbocycles. The van der Waals surface area contributed by atoms with Gasteiger partial charge < -0.3 is 16.0 Å². The monoisotopic (exact) mass is 349 g/mol. The zero-order valence-corrected chi connectivity index (χ0v) is 15.8. The van der Waals surface area contributed by atoms with E-state index in [1.54, 1.807) is 0 Å². The van der Waals surface area contributed by atoms with Crippen molar-refractivity contribution in [3.8, 4) is 0 Å². The van der Waals surface area contributed by atoms with Crippen molar-refractivity contribution in [2.24, 2.45) is 17.6 Å². The van der Waals surface area contributed by atoms with E-state index < -0.39 is 0 Å². The van der Waals surface area contributed by atoms with Gasteiger partial charge in [0.15, 0.2) is 0 Å². The van der Waals surface area contributed by atoms with E-state index in [1.165, 1.54) is 19.3 Å². The molecule has 0 aromatic heterocycles. The predicted molar refractivity (Wildman–Crippen MR) is 98.9 cm³/mol. The quantitative estimate of drug-likeness (QED) is 0.822. The molecule has 0 aromatic rings. The highest BCUT2D eigenvalue weighted by molar-refractivity contribution is 5.81. The lowest BCUT2D eigenvalue weighted by Gasteiger charge is -2.42. The van der Waals surface area contributed by atoms with Gasteiger partial charge in [-0.25, -0.2) is 0 Å². The molecule has 2 unspecified atom stereocenters. The van der Waals surface area contributed by atoms with Crippen molar-refractivity contribution in [1.82, 2.24) is 10.2 Å². The van der Waals surface area contributed by atoms with Gasteiger partial charge in [0, 0.05) is 30.6 Å². The summed E-state index contributed by atoms with van der Waals surface area (Å²) in [6.07, 6.45) is 11.6. The van der Waals surface area contributed by atoms with Crippen LogP contribution in [0.5, 0.6) is 0 Å². The lowest BCUT2D eigenvalue weighted by Crippen LogP contribution is -2.56. The number of nitrogens with two attached hydrogens (primary N) is 1. The fourth-order valence-corrected chi connectivity index (χ4v) is 4.91. The fraction of sp³-hybridized carbons (Fsp3) is 0.900. The Hall–Kier alpha value is -1.10. The number of amides is 2. The number of hydrogen-bond donors (Lipinski definition) is 2. The van der Waals surface area contributed by atoms with Crippen molar-refractivity contribution in [3.05, 3.63) is 0 Å². The lowest BCUT2D eigenvalue weighted by atomic mass is 9.74. The maximum absolute atomic E-state index is 12.9. The van der Waals surface area contributed by atoms with E-state index >= 15 is 0 Å². The van der Waals surface area contributed by atoms with Crippen molar-refractivity contribution in [3.63, 3.8) is 0 Å². The van der Waals surface area contributed by atoms with Crippen molar-refractivity contribution in [2.45, 2.75) is 89.1 Å². The number of hydrogen-bond acceptors (Lipinski definition) is 3. The van der Waals surface area contributed by atoms with Gasteiger partial charge in [0.2, 0.25) is 11.8 Å². The van der Waals surface area contributed by atoms with Crippen LogP contribution in [0.15, 0.2) is 0 Å². The van der Waals surface area contributed by atoms with Gasteiger partial charge in [-0.05, 0) is 45.4 Å². The first-order valence-corrected chi connectivity index (χ1v) is 10.4. The van der Waals surface area contributed by atoms with Crippen LogP contribution >= 0.6 is 0 Å². The second kappa shape index (κ2) is 8.07. The number of likely N-dealkylation sites (tertiary alicyclic amines) is 1. The number of piperidine rings is 1. The van der Waals surface area contributed by atoms with Crippen molar-refractivity contribution in [1.29, 1.82) is 0 Å². The molecule has 1 heterocycles. The normalized spacial score (nSPS) is 32.4. The average molecular weight is 350 g/mol. The standard InChI is InChI=1S/C20H35N3O2/c1-20(21)12-6-5-9-17(20)19(25)23-13-10-16(11-14-23)22-18(24)15-7-3-2-4-8-15/h15-17H,2-14,21H2,1H3,(H,22,24). The van der Waals surface area contributed by atoms with Gasteiger partial charge in [-0.3, -0.25) is 9.59 Å². The molecule has 0 spiro atoms. The Kier molecular flexibility index (Phi) is 6.03. The van der Waals surface area contributed by atoms with Crippen molar-refractivity contribution in [2.75, 3.05) is 13.1 Å². The smallest absolute Gasteiger partial charge is 0.227 e. The van der Waals surface area contributed by atoms with Gasteiger partial charge in [0.25, 0.3) is 0 Å². The highest BCUT2D eigenvalue weighted by Crippen LogP contribution is 2.33. The highest BCUT2D eigenvalue weighted by Gasteiger charge is 2.40. The van der Waals surface area contributed by atoms with Gasteiger partial charge in [0.05, 0.1) is 5.92 Å². The summed E-state index contributed by atoms with van der Waals surface area (Å²) in [7, 11) is 0. The zero-order valence-electron chi connectivity index (χ0n) is 15.8. The molecule has 2 atom stereocenters. The van der Waals surface area contributed by atoms with Crippen LogP contribution < -0.4 is 11.1 Å². The maximum atomic E-state index is 12.9. The molecule has 25 heavy (non-hydrogen) atoms. The van der Waals surface area contributed by atoms with E-state index in [9.17, 15) is 9.59 Å². The van der Waals surface area contributed by atoms with Gasteiger partial charge >= 0.3 is 0 Å². The van der Waals surface area contributed by atoms with E-state index in [2.05, 4.69) is 5.32 Å². The van der Waals surface area contributed by atoms with Gasteiger partial charge in [0.1, 0.15) is 0 Å². The third-order valence-corrected chi connectivity index (χ3v) is 6.68. The van der Waals surface area contributed by atoms with Gasteiger partial charge in [-0.1, -0.05) is 32.1 Å². The van der Waals surface area contributed by atoms with Crippen LogP contribution in [0, 0.1) is 11.8 Å². The van der Waals surface area contributed by atoms with E-state index in [1.807, 2.05) is 11.8 Å². The summed E-state index contributed by atoms with van der Waals surface area (Å²) in [5, 5.41) is 3.24. The second-order valence-electron chi connectivity index (χ2n) is 8.75. The van der Waals surface area contributed by atoms with E-state index in [0.29, 0.717) is 0 Å². The summed E-state index contributed by atoms with van der Waals surface area (Å²) >= 11 is 0. The number of rotatable bonds is 3. The number of nitrogens with one attached hydrogen (secondary N) is 1.